The lowest BCUT2D eigenvalue weighted by Gasteiger charge is -2.40. The highest BCUT2D eigenvalue weighted by Crippen LogP contribution is 2.48. The van der Waals surface area contributed by atoms with Gasteiger partial charge < -0.3 is 21.5 Å². The van der Waals surface area contributed by atoms with Gasteiger partial charge >= 0.3 is 0 Å². The molecule has 3 unspecified atom stereocenters. The van der Waals surface area contributed by atoms with Crippen molar-refractivity contribution in [1.29, 1.82) is 0 Å². The summed E-state index contributed by atoms with van der Waals surface area (Å²) in [7, 11) is 0. The van der Waals surface area contributed by atoms with Crippen LogP contribution in [0.5, 0.6) is 0 Å². The molecule has 2 aliphatic heterocycles. The molecule has 0 bridgehead atoms. The number of piperidine rings is 1. The number of hydrogen-bond donors (Lipinski definition) is 4. The van der Waals surface area contributed by atoms with Crippen molar-refractivity contribution >= 4 is 17.6 Å². The fourth-order valence-electron chi connectivity index (χ4n) is 5.16. The molecular formula is C17H27N3O4. The van der Waals surface area contributed by atoms with E-state index in [9.17, 15) is 19.5 Å². The van der Waals surface area contributed by atoms with E-state index in [0.29, 0.717) is 25.4 Å². The predicted octanol–water partition coefficient (Wildman–Crippen LogP) is -0.676. The number of ketones is 1. The third kappa shape index (κ3) is 2.73. The molecule has 2 saturated heterocycles. The van der Waals surface area contributed by atoms with E-state index in [4.69, 9.17) is 5.73 Å². The summed E-state index contributed by atoms with van der Waals surface area (Å²) in [5, 5.41) is 15.5. The molecule has 5 atom stereocenters. The van der Waals surface area contributed by atoms with Crippen LogP contribution in [0.2, 0.25) is 0 Å². The third-order valence-corrected chi connectivity index (χ3v) is 6.32. The summed E-state index contributed by atoms with van der Waals surface area (Å²) in [4.78, 5) is 37.2. The standard InChI is InChI=1S/C17H27N3O4/c18-16(24)17(12-5-1-3-11(12)8-20-17)13(14(22)9-21)7-10-4-2-6-19-15(10)23/h10-13,20-21H,1-9H2,(H2,18,24)(H,19,23)/t10-,11?,12?,13+,17?/m0/s1. The van der Waals surface area contributed by atoms with Crippen LogP contribution >= 0.6 is 0 Å². The van der Waals surface area contributed by atoms with Crippen LogP contribution in [0.3, 0.4) is 0 Å². The molecule has 0 aromatic heterocycles. The average molecular weight is 337 g/mol. The molecule has 24 heavy (non-hydrogen) atoms. The van der Waals surface area contributed by atoms with Crippen molar-refractivity contribution in [2.75, 3.05) is 19.7 Å². The van der Waals surface area contributed by atoms with Gasteiger partial charge in [-0.25, -0.2) is 0 Å². The zero-order chi connectivity index (χ0) is 17.3. The molecule has 7 nitrogen and oxygen atoms in total. The highest BCUT2D eigenvalue weighted by atomic mass is 16.3. The van der Waals surface area contributed by atoms with Gasteiger partial charge in [0.05, 0.1) is 0 Å². The van der Waals surface area contributed by atoms with Crippen molar-refractivity contribution in [3.63, 3.8) is 0 Å². The summed E-state index contributed by atoms with van der Waals surface area (Å²) < 4.78 is 0. The number of carbonyl (C=O) groups excluding carboxylic acids is 3. The number of aliphatic hydroxyl groups is 1. The molecule has 134 valence electrons. The van der Waals surface area contributed by atoms with Crippen molar-refractivity contribution in [3.05, 3.63) is 0 Å². The Kier molecular flexibility index (Phi) is 4.92. The van der Waals surface area contributed by atoms with Gasteiger partial charge in [-0.2, -0.15) is 0 Å². The highest BCUT2D eigenvalue weighted by Gasteiger charge is 2.60. The highest BCUT2D eigenvalue weighted by molar-refractivity contribution is 5.95. The van der Waals surface area contributed by atoms with E-state index in [1.54, 1.807) is 0 Å². The second kappa shape index (κ2) is 6.80. The Labute approximate surface area is 141 Å². The first kappa shape index (κ1) is 17.4. The second-order valence-corrected chi connectivity index (χ2v) is 7.45. The lowest BCUT2D eigenvalue weighted by Crippen LogP contribution is -2.63. The van der Waals surface area contributed by atoms with Crippen LogP contribution in [0.1, 0.15) is 38.5 Å². The molecule has 0 aromatic rings. The summed E-state index contributed by atoms with van der Waals surface area (Å²) in [6.07, 6.45) is 4.73. The number of rotatable bonds is 6. The Bertz CT molecular complexity index is 538. The fraction of sp³-hybridized carbons (Fsp3) is 0.824. The lowest BCUT2D eigenvalue weighted by atomic mass is 9.67. The van der Waals surface area contributed by atoms with E-state index in [2.05, 4.69) is 10.6 Å². The monoisotopic (exact) mass is 337 g/mol. The molecule has 2 amide bonds. The molecule has 0 radical (unpaired) electrons. The topological polar surface area (TPSA) is 122 Å². The molecule has 3 rings (SSSR count). The Balaban J connectivity index is 1.92. The van der Waals surface area contributed by atoms with Gasteiger partial charge in [-0.15, -0.1) is 0 Å². The smallest absolute Gasteiger partial charge is 0.238 e. The molecular weight excluding hydrogens is 310 g/mol. The molecule has 7 heteroatoms. The number of primary amides is 1. The van der Waals surface area contributed by atoms with Gasteiger partial charge in [0.15, 0.2) is 5.78 Å². The maximum absolute atomic E-state index is 12.5. The number of hydrogen-bond acceptors (Lipinski definition) is 5. The maximum atomic E-state index is 12.5. The third-order valence-electron chi connectivity index (χ3n) is 6.32. The summed E-state index contributed by atoms with van der Waals surface area (Å²) in [6, 6.07) is 0. The normalized spacial score (nSPS) is 36.9. The lowest BCUT2D eigenvalue weighted by molar-refractivity contribution is -0.140. The second-order valence-electron chi connectivity index (χ2n) is 7.45. The first-order valence-corrected chi connectivity index (χ1v) is 8.97. The Morgan fingerprint density at radius 1 is 1.29 bits per heavy atom. The van der Waals surface area contributed by atoms with E-state index in [0.717, 1.165) is 25.7 Å². The molecule has 5 N–H and O–H groups in total. The van der Waals surface area contributed by atoms with Crippen LogP contribution in [0, 0.1) is 23.7 Å². The SMILES string of the molecule is NC(=O)C1([C@H](C[C@@H]2CCCNC2=O)C(=O)CO)NCC2CCCC21. The predicted molar refractivity (Wildman–Crippen MR) is 86.7 cm³/mol. The number of Topliss-reactive ketones (excluding diaryl/α,β-unsaturated/α-hetero) is 1. The van der Waals surface area contributed by atoms with Gasteiger partial charge in [-0.05, 0) is 50.5 Å². The minimum absolute atomic E-state index is 0.0159. The number of nitrogens with two attached hydrogens (primary N) is 1. The summed E-state index contributed by atoms with van der Waals surface area (Å²) in [5.74, 6) is -1.70. The van der Waals surface area contributed by atoms with E-state index in [-0.39, 0.29) is 24.2 Å². The van der Waals surface area contributed by atoms with Crippen molar-refractivity contribution < 1.29 is 19.5 Å². The van der Waals surface area contributed by atoms with Gasteiger partial charge in [-0.3, -0.25) is 14.4 Å². The molecule has 0 aromatic carbocycles. The van der Waals surface area contributed by atoms with E-state index in [1.807, 2.05) is 0 Å². The minimum atomic E-state index is -1.13. The molecule has 3 aliphatic rings. The quantitative estimate of drug-likeness (QED) is 0.512. The number of nitrogens with one attached hydrogen (secondary N) is 2. The van der Waals surface area contributed by atoms with Crippen molar-refractivity contribution in [2.24, 2.45) is 29.4 Å². The van der Waals surface area contributed by atoms with Crippen LogP contribution in [0.25, 0.3) is 0 Å². The van der Waals surface area contributed by atoms with Crippen molar-refractivity contribution in [2.45, 2.75) is 44.1 Å². The summed E-state index contributed by atoms with van der Waals surface area (Å²) in [6.45, 7) is 0.685. The number of fused-ring (bicyclic) bond motifs is 1. The largest absolute Gasteiger partial charge is 0.389 e. The summed E-state index contributed by atoms with van der Waals surface area (Å²) >= 11 is 0. The van der Waals surface area contributed by atoms with Crippen LogP contribution in [0.15, 0.2) is 0 Å². The molecule has 1 saturated carbocycles. The fourth-order valence-corrected chi connectivity index (χ4v) is 5.16. The average Bonchev–Trinajstić information content (AvgIpc) is 3.16. The van der Waals surface area contributed by atoms with Gasteiger partial charge in [0, 0.05) is 18.4 Å². The van der Waals surface area contributed by atoms with Crippen LogP contribution in [-0.2, 0) is 14.4 Å². The van der Waals surface area contributed by atoms with Gasteiger partial charge in [-0.1, -0.05) is 6.42 Å². The number of aliphatic hydroxyl groups excluding tert-OH is 1. The number of carbonyl (C=O) groups is 3. The van der Waals surface area contributed by atoms with Crippen LogP contribution in [-0.4, -0.2) is 47.9 Å². The van der Waals surface area contributed by atoms with Gasteiger partial charge in [0.25, 0.3) is 0 Å². The zero-order valence-electron chi connectivity index (χ0n) is 13.9. The van der Waals surface area contributed by atoms with E-state index in [1.165, 1.54) is 0 Å². The van der Waals surface area contributed by atoms with Crippen LogP contribution in [0.4, 0.5) is 0 Å². The molecule has 1 aliphatic carbocycles. The van der Waals surface area contributed by atoms with Crippen molar-refractivity contribution in [1.82, 2.24) is 10.6 Å². The molecule has 2 heterocycles. The zero-order valence-corrected chi connectivity index (χ0v) is 13.9. The maximum Gasteiger partial charge on any atom is 0.238 e. The van der Waals surface area contributed by atoms with Gasteiger partial charge in [0.2, 0.25) is 11.8 Å². The Morgan fingerprint density at radius 3 is 2.75 bits per heavy atom. The molecule has 0 spiro atoms. The molecule has 3 fully saturated rings. The first-order chi connectivity index (χ1) is 11.5. The number of amides is 2. The first-order valence-electron chi connectivity index (χ1n) is 8.97. The Morgan fingerprint density at radius 2 is 2.08 bits per heavy atom. The van der Waals surface area contributed by atoms with Crippen molar-refractivity contribution in [3.8, 4) is 0 Å². The Hall–Kier alpha value is -1.47. The summed E-state index contributed by atoms with van der Waals surface area (Å²) in [5.41, 5.74) is 4.66. The van der Waals surface area contributed by atoms with E-state index < -0.39 is 29.8 Å². The van der Waals surface area contributed by atoms with E-state index >= 15 is 0 Å². The van der Waals surface area contributed by atoms with Gasteiger partial charge in [0.1, 0.15) is 12.1 Å². The minimum Gasteiger partial charge on any atom is -0.389 e. The van der Waals surface area contributed by atoms with Crippen LogP contribution < -0.4 is 16.4 Å².